The number of pyridine rings is 1. The van der Waals surface area contributed by atoms with Crippen molar-refractivity contribution in [2.75, 3.05) is 0 Å². The third-order valence-corrected chi connectivity index (χ3v) is 5.40. The molecule has 1 spiro atoms. The smallest absolute Gasteiger partial charge is 0.371 e. The molecular formula is C19H17N3O3. The Labute approximate surface area is 144 Å². The minimum absolute atomic E-state index is 0.00872. The van der Waals surface area contributed by atoms with Gasteiger partial charge < -0.3 is 9.52 Å². The SMILES string of the molecule is Cc1c2c(nn1Cc1ccccn1)-c1cc(C(=O)O)oc1CC21CC1. The summed E-state index contributed by atoms with van der Waals surface area (Å²) >= 11 is 0. The number of hydrogen-bond donors (Lipinski definition) is 1. The highest BCUT2D eigenvalue weighted by Crippen LogP contribution is 2.58. The average molecular weight is 335 g/mol. The molecule has 0 unspecified atom stereocenters. The topological polar surface area (TPSA) is 81.2 Å². The lowest BCUT2D eigenvalue weighted by molar-refractivity contribution is 0.0660. The molecule has 3 aromatic heterocycles. The van der Waals surface area contributed by atoms with E-state index >= 15 is 0 Å². The van der Waals surface area contributed by atoms with Gasteiger partial charge in [0.05, 0.1) is 17.9 Å². The molecule has 126 valence electrons. The van der Waals surface area contributed by atoms with E-state index in [1.54, 1.807) is 12.3 Å². The van der Waals surface area contributed by atoms with Crippen LogP contribution in [-0.2, 0) is 18.4 Å². The third-order valence-electron chi connectivity index (χ3n) is 5.40. The minimum Gasteiger partial charge on any atom is -0.475 e. The van der Waals surface area contributed by atoms with E-state index in [1.165, 1.54) is 5.56 Å². The first kappa shape index (κ1) is 14.5. The molecule has 0 amide bonds. The predicted molar refractivity (Wildman–Crippen MR) is 89.6 cm³/mol. The van der Waals surface area contributed by atoms with Crippen molar-refractivity contribution < 1.29 is 14.3 Å². The Kier molecular flexibility index (Phi) is 2.78. The number of fused-ring (bicyclic) bond motifs is 4. The van der Waals surface area contributed by atoms with Crippen LogP contribution >= 0.6 is 0 Å². The van der Waals surface area contributed by atoms with Crippen molar-refractivity contribution in [1.82, 2.24) is 14.8 Å². The number of aromatic nitrogens is 3. The molecule has 25 heavy (non-hydrogen) atoms. The normalized spacial score (nSPS) is 16.5. The largest absolute Gasteiger partial charge is 0.475 e. The van der Waals surface area contributed by atoms with Gasteiger partial charge in [-0.25, -0.2) is 4.79 Å². The number of rotatable bonds is 3. The summed E-state index contributed by atoms with van der Waals surface area (Å²) in [6.07, 6.45) is 4.74. The molecule has 1 N–H and O–H groups in total. The number of carboxylic acids is 1. The van der Waals surface area contributed by atoms with Crippen molar-refractivity contribution in [3.63, 3.8) is 0 Å². The van der Waals surface area contributed by atoms with Crippen LogP contribution < -0.4 is 0 Å². The summed E-state index contributed by atoms with van der Waals surface area (Å²) in [6, 6.07) is 7.47. The fourth-order valence-corrected chi connectivity index (χ4v) is 4.01. The van der Waals surface area contributed by atoms with E-state index in [1.807, 2.05) is 22.9 Å². The monoisotopic (exact) mass is 335 g/mol. The van der Waals surface area contributed by atoms with Crippen LogP contribution in [0, 0.1) is 6.92 Å². The highest BCUT2D eigenvalue weighted by Gasteiger charge is 2.52. The molecule has 3 aromatic rings. The average Bonchev–Trinajstić information content (AvgIpc) is 3.08. The number of nitrogens with zero attached hydrogens (tertiary/aromatic N) is 3. The zero-order chi connectivity index (χ0) is 17.2. The molecule has 2 aliphatic rings. The van der Waals surface area contributed by atoms with Gasteiger partial charge in [0.15, 0.2) is 0 Å². The second-order valence-corrected chi connectivity index (χ2v) is 7.00. The molecule has 1 saturated carbocycles. The van der Waals surface area contributed by atoms with Crippen LogP contribution in [0.1, 0.15) is 46.1 Å². The molecule has 0 bridgehead atoms. The Morgan fingerprint density at radius 2 is 2.24 bits per heavy atom. The van der Waals surface area contributed by atoms with Crippen molar-refractivity contribution in [3.8, 4) is 11.3 Å². The summed E-state index contributed by atoms with van der Waals surface area (Å²) in [6.45, 7) is 2.70. The second kappa shape index (κ2) is 4.81. The number of hydrogen-bond acceptors (Lipinski definition) is 4. The molecule has 3 heterocycles. The summed E-state index contributed by atoms with van der Waals surface area (Å²) in [5.74, 6) is -0.291. The molecular weight excluding hydrogens is 318 g/mol. The molecule has 0 aliphatic heterocycles. The van der Waals surface area contributed by atoms with Crippen molar-refractivity contribution in [2.45, 2.75) is 38.1 Å². The fraction of sp³-hybridized carbons (Fsp3) is 0.316. The Bertz CT molecular complexity index is 997. The van der Waals surface area contributed by atoms with Crippen LogP contribution in [0.4, 0.5) is 0 Å². The Morgan fingerprint density at radius 3 is 2.92 bits per heavy atom. The quantitative estimate of drug-likeness (QED) is 0.795. The lowest BCUT2D eigenvalue weighted by Crippen LogP contribution is -2.17. The molecule has 2 aliphatic carbocycles. The maximum atomic E-state index is 11.3. The van der Waals surface area contributed by atoms with Gasteiger partial charge in [-0.05, 0) is 31.9 Å². The fourth-order valence-electron chi connectivity index (χ4n) is 4.01. The second-order valence-electron chi connectivity index (χ2n) is 7.00. The minimum atomic E-state index is -1.04. The maximum absolute atomic E-state index is 11.3. The maximum Gasteiger partial charge on any atom is 0.371 e. The molecule has 6 heteroatoms. The first-order valence-electron chi connectivity index (χ1n) is 8.42. The molecule has 0 aromatic carbocycles. The zero-order valence-corrected chi connectivity index (χ0v) is 13.8. The Hall–Kier alpha value is -2.89. The number of furan rings is 1. The van der Waals surface area contributed by atoms with E-state index < -0.39 is 5.97 Å². The molecule has 5 rings (SSSR count). The Balaban J connectivity index is 1.65. The van der Waals surface area contributed by atoms with E-state index in [0.29, 0.717) is 6.54 Å². The number of carbonyl (C=O) groups is 1. The van der Waals surface area contributed by atoms with Crippen molar-refractivity contribution >= 4 is 5.97 Å². The van der Waals surface area contributed by atoms with Gasteiger partial charge >= 0.3 is 5.97 Å². The molecule has 1 fully saturated rings. The summed E-state index contributed by atoms with van der Waals surface area (Å²) in [5.41, 5.74) is 5.13. The van der Waals surface area contributed by atoms with Gasteiger partial charge in [0.2, 0.25) is 5.76 Å². The summed E-state index contributed by atoms with van der Waals surface area (Å²) in [7, 11) is 0. The van der Waals surface area contributed by atoms with Crippen molar-refractivity contribution in [2.24, 2.45) is 0 Å². The van der Waals surface area contributed by atoms with Crippen LogP contribution in [-0.4, -0.2) is 25.8 Å². The molecule has 6 nitrogen and oxygen atoms in total. The zero-order valence-electron chi connectivity index (χ0n) is 13.8. The van der Waals surface area contributed by atoms with Crippen LogP contribution in [0.3, 0.4) is 0 Å². The summed E-state index contributed by atoms with van der Waals surface area (Å²) in [4.78, 5) is 15.7. The number of aromatic carboxylic acids is 1. The van der Waals surface area contributed by atoms with Gasteiger partial charge in [-0.3, -0.25) is 9.67 Å². The standard InChI is InChI=1S/C19H17N3O3/c1-11-16-17(21-22(11)10-12-4-2-3-7-20-12)13-8-14(18(23)24)25-15(13)9-19(16)5-6-19/h2-4,7-8H,5-6,9-10H2,1H3,(H,23,24). The van der Waals surface area contributed by atoms with E-state index in [0.717, 1.165) is 47.7 Å². The van der Waals surface area contributed by atoms with Gasteiger partial charge in [-0.15, -0.1) is 0 Å². The van der Waals surface area contributed by atoms with Crippen LogP contribution in [0.5, 0.6) is 0 Å². The van der Waals surface area contributed by atoms with Gasteiger partial charge in [-0.2, -0.15) is 5.10 Å². The van der Waals surface area contributed by atoms with Gasteiger partial charge in [0, 0.05) is 40.9 Å². The number of carboxylic acid groups (broad SMARTS) is 1. The first-order valence-corrected chi connectivity index (χ1v) is 8.42. The van der Waals surface area contributed by atoms with Gasteiger partial charge in [0.25, 0.3) is 0 Å². The highest BCUT2D eigenvalue weighted by molar-refractivity contribution is 5.87. The van der Waals surface area contributed by atoms with Gasteiger partial charge in [0.1, 0.15) is 5.76 Å². The van der Waals surface area contributed by atoms with Crippen LogP contribution in [0.25, 0.3) is 11.3 Å². The predicted octanol–water partition coefficient (Wildman–Crippen LogP) is 3.18. The van der Waals surface area contributed by atoms with Crippen LogP contribution in [0.2, 0.25) is 0 Å². The van der Waals surface area contributed by atoms with E-state index in [9.17, 15) is 9.90 Å². The Morgan fingerprint density at radius 1 is 1.40 bits per heavy atom. The lowest BCUT2D eigenvalue weighted by atomic mass is 9.82. The highest BCUT2D eigenvalue weighted by atomic mass is 16.4. The lowest BCUT2D eigenvalue weighted by Gasteiger charge is -2.20. The molecule has 0 radical (unpaired) electrons. The summed E-state index contributed by atoms with van der Waals surface area (Å²) < 4.78 is 7.59. The van der Waals surface area contributed by atoms with Gasteiger partial charge in [-0.1, -0.05) is 6.07 Å². The van der Waals surface area contributed by atoms with Crippen molar-refractivity contribution in [3.05, 3.63) is 58.9 Å². The summed E-state index contributed by atoms with van der Waals surface area (Å²) in [5, 5.41) is 14.1. The molecule has 0 atom stereocenters. The van der Waals surface area contributed by atoms with E-state index in [-0.39, 0.29) is 11.2 Å². The van der Waals surface area contributed by atoms with E-state index in [4.69, 9.17) is 9.52 Å². The van der Waals surface area contributed by atoms with Crippen molar-refractivity contribution in [1.29, 1.82) is 0 Å². The van der Waals surface area contributed by atoms with Crippen LogP contribution in [0.15, 0.2) is 34.9 Å². The first-order chi connectivity index (χ1) is 12.1. The van der Waals surface area contributed by atoms with E-state index in [2.05, 4.69) is 11.9 Å². The molecule has 0 saturated heterocycles. The third kappa shape index (κ3) is 2.06.